The van der Waals surface area contributed by atoms with E-state index in [4.69, 9.17) is 4.74 Å². The molecule has 4 heterocycles. The van der Waals surface area contributed by atoms with Gasteiger partial charge in [-0.05, 0) is 100 Å². The van der Waals surface area contributed by atoms with Crippen LogP contribution >= 0.6 is 0 Å². The zero-order chi connectivity index (χ0) is 37.9. The number of aromatic nitrogens is 2. The molecule has 15 heteroatoms. The van der Waals surface area contributed by atoms with Crippen LogP contribution in [0.25, 0.3) is 10.9 Å². The maximum Gasteiger partial charge on any atom is 0.293 e. The minimum Gasteiger partial charge on any atom is -0.449 e. The minimum absolute atomic E-state index is 0.00601. The van der Waals surface area contributed by atoms with Crippen LogP contribution in [-0.4, -0.2) is 104 Å². The Kier molecular flexibility index (Phi) is 11.5. The molecule has 282 valence electrons. The van der Waals surface area contributed by atoms with Gasteiger partial charge in [-0.1, -0.05) is 6.07 Å². The maximum absolute atomic E-state index is 14.1. The van der Waals surface area contributed by atoms with Crippen LogP contribution in [0.2, 0.25) is 0 Å². The Morgan fingerprint density at radius 2 is 1.75 bits per heavy atom. The standard InChI is InChI=1S/C38H47FN8O5S/c1-25-26(5-7-34-31(25)22-29(23-40)47(34)20-19-45-17-12-30(13-18-45)53(50,51)41-2)24-46-15-10-28(11-16-46)43-33-9-14-42-37(48)36(33)52-35-8-6-27(39)21-32(35)38(49)44(3)4/h5-9,14,21-22,28,30,41H,10-13,15-20,24H2,1-4H3,(H2,42,43,48). The van der Waals surface area contributed by atoms with Crippen LogP contribution in [-0.2, 0) is 23.1 Å². The van der Waals surface area contributed by atoms with E-state index >= 15 is 0 Å². The van der Waals surface area contributed by atoms with E-state index in [-0.39, 0.29) is 28.4 Å². The highest BCUT2D eigenvalue weighted by molar-refractivity contribution is 7.90. The number of benzene rings is 2. The first-order chi connectivity index (χ1) is 25.4. The molecule has 0 saturated carbocycles. The smallest absolute Gasteiger partial charge is 0.293 e. The number of fused-ring (bicyclic) bond motifs is 1. The van der Waals surface area contributed by atoms with Crippen LogP contribution in [0.4, 0.5) is 10.1 Å². The molecule has 2 aromatic carbocycles. The molecular weight excluding hydrogens is 700 g/mol. The fourth-order valence-corrected chi connectivity index (χ4v) is 8.53. The number of carbonyl (C=O) groups is 1. The largest absolute Gasteiger partial charge is 0.449 e. The Labute approximate surface area is 309 Å². The van der Waals surface area contributed by atoms with Gasteiger partial charge in [0.25, 0.3) is 11.5 Å². The number of ether oxygens (including phenoxy) is 1. The number of sulfonamides is 1. The van der Waals surface area contributed by atoms with Crippen molar-refractivity contribution < 1.29 is 22.3 Å². The van der Waals surface area contributed by atoms with Crippen LogP contribution in [0.5, 0.6) is 11.5 Å². The zero-order valence-corrected chi connectivity index (χ0v) is 31.4. The van der Waals surface area contributed by atoms with Gasteiger partial charge in [-0.2, -0.15) is 5.26 Å². The molecule has 2 aliphatic heterocycles. The Morgan fingerprint density at radius 1 is 1.04 bits per heavy atom. The van der Waals surface area contributed by atoms with Crippen molar-refractivity contribution in [2.45, 2.75) is 57.0 Å². The second-order valence-corrected chi connectivity index (χ2v) is 16.2. The van der Waals surface area contributed by atoms with Crippen LogP contribution < -0.4 is 20.3 Å². The lowest BCUT2D eigenvalue weighted by Gasteiger charge is -2.33. The van der Waals surface area contributed by atoms with Crippen molar-refractivity contribution in [3.63, 3.8) is 0 Å². The molecule has 2 aromatic heterocycles. The van der Waals surface area contributed by atoms with E-state index in [1.165, 1.54) is 35.8 Å². The first-order valence-electron chi connectivity index (χ1n) is 17.9. The Morgan fingerprint density at radius 3 is 2.43 bits per heavy atom. The van der Waals surface area contributed by atoms with Gasteiger partial charge < -0.3 is 29.4 Å². The summed E-state index contributed by atoms with van der Waals surface area (Å²) >= 11 is 0. The lowest BCUT2D eigenvalue weighted by Crippen LogP contribution is -2.43. The fourth-order valence-electron chi connectivity index (χ4n) is 7.36. The quantitative estimate of drug-likeness (QED) is 0.193. The highest BCUT2D eigenvalue weighted by Gasteiger charge is 2.29. The zero-order valence-electron chi connectivity index (χ0n) is 30.6. The van der Waals surface area contributed by atoms with Crippen LogP contribution in [0.15, 0.2) is 53.5 Å². The summed E-state index contributed by atoms with van der Waals surface area (Å²) in [5, 5.41) is 14.2. The van der Waals surface area contributed by atoms with Crippen LogP contribution in [0.3, 0.4) is 0 Å². The molecule has 0 unspecified atom stereocenters. The molecule has 4 aromatic rings. The van der Waals surface area contributed by atoms with Gasteiger partial charge in [-0.15, -0.1) is 0 Å². The Bertz CT molecular complexity index is 2180. The summed E-state index contributed by atoms with van der Waals surface area (Å²) in [4.78, 5) is 34.3. The number of nitriles is 1. The number of aromatic amines is 1. The number of nitrogens with one attached hydrogen (secondary N) is 3. The highest BCUT2D eigenvalue weighted by Crippen LogP contribution is 2.32. The van der Waals surface area contributed by atoms with Gasteiger partial charge in [0.2, 0.25) is 15.8 Å². The summed E-state index contributed by atoms with van der Waals surface area (Å²) in [5.74, 6) is -0.933. The average molecular weight is 747 g/mol. The molecule has 2 saturated heterocycles. The summed E-state index contributed by atoms with van der Waals surface area (Å²) in [6, 6.07) is 14.0. The summed E-state index contributed by atoms with van der Waals surface area (Å²) < 4.78 is 49.0. The third-order valence-electron chi connectivity index (χ3n) is 10.5. The first-order valence-corrected chi connectivity index (χ1v) is 19.5. The third-order valence-corrected chi connectivity index (χ3v) is 12.4. The van der Waals surface area contributed by atoms with Crippen molar-refractivity contribution >= 4 is 32.5 Å². The Balaban J connectivity index is 1.08. The second-order valence-electron chi connectivity index (χ2n) is 14.1. The van der Waals surface area contributed by atoms with Crippen molar-refractivity contribution in [3.8, 4) is 17.6 Å². The topological polar surface area (TPSA) is 156 Å². The van der Waals surface area contributed by atoms with Gasteiger partial charge in [-0.25, -0.2) is 17.5 Å². The van der Waals surface area contributed by atoms with Crippen molar-refractivity contribution in [2.24, 2.45) is 0 Å². The normalized spacial score (nSPS) is 16.5. The number of amides is 1. The van der Waals surface area contributed by atoms with E-state index in [1.807, 2.05) is 6.07 Å². The number of H-pyrrole nitrogens is 1. The molecule has 2 fully saturated rings. The van der Waals surface area contributed by atoms with Gasteiger partial charge in [0, 0.05) is 70.0 Å². The predicted molar refractivity (Wildman–Crippen MR) is 202 cm³/mol. The van der Waals surface area contributed by atoms with E-state index < -0.39 is 27.3 Å². The molecule has 0 atom stereocenters. The van der Waals surface area contributed by atoms with Gasteiger partial charge in [-0.3, -0.25) is 14.5 Å². The highest BCUT2D eigenvalue weighted by atomic mass is 32.2. The second kappa shape index (κ2) is 16.1. The molecule has 3 N–H and O–H groups in total. The van der Waals surface area contributed by atoms with Crippen molar-refractivity contribution in [1.29, 1.82) is 5.26 Å². The number of rotatable bonds is 12. The van der Waals surface area contributed by atoms with Gasteiger partial charge in [0.05, 0.1) is 16.5 Å². The molecule has 1 amide bonds. The third kappa shape index (κ3) is 8.41. The van der Waals surface area contributed by atoms with Gasteiger partial charge >= 0.3 is 0 Å². The summed E-state index contributed by atoms with van der Waals surface area (Å²) in [6.45, 7) is 7.32. The number of pyridine rings is 1. The van der Waals surface area contributed by atoms with Crippen molar-refractivity contribution in [1.82, 2.24) is 29.0 Å². The molecule has 0 aliphatic carbocycles. The molecule has 2 aliphatic rings. The fraction of sp³-hybridized carbons (Fsp3) is 0.447. The van der Waals surface area contributed by atoms with E-state index in [2.05, 4.69) is 54.5 Å². The molecule has 13 nitrogen and oxygen atoms in total. The first kappa shape index (κ1) is 38.0. The number of halogens is 1. The molecule has 0 spiro atoms. The Hall–Kier alpha value is -4.75. The SMILES string of the molecule is CNS(=O)(=O)C1CCN(CCn2c(C#N)cc3c(C)c(CN4CCC(Nc5cc[nH]c(=O)c5Oc5ccc(F)cc5C(=O)N(C)C)CC4)ccc32)CC1. The minimum atomic E-state index is -3.26. The summed E-state index contributed by atoms with van der Waals surface area (Å²) in [7, 11) is 1.32. The molecule has 6 rings (SSSR count). The van der Waals surface area contributed by atoms with Crippen molar-refractivity contribution in [2.75, 3.05) is 59.2 Å². The van der Waals surface area contributed by atoms with E-state index in [0.29, 0.717) is 43.9 Å². The summed E-state index contributed by atoms with van der Waals surface area (Å²) in [5.41, 5.74) is 4.02. The van der Waals surface area contributed by atoms with Crippen LogP contribution in [0.1, 0.15) is 52.9 Å². The average Bonchev–Trinajstić information content (AvgIpc) is 3.52. The molecule has 0 bridgehead atoms. The number of aryl methyl sites for hydroxylation is 1. The summed E-state index contributed by atoms with van der Waals surface area (Å²) in [6.07, 6.45) is 4.37. The molecule has 53 heavy (non-hydrogen) atoms. The number of carbonyl (C=O) groups excluding carboxylic acids is 1. The number of likely N-dealkylation sites (tertiary alicyclic amines) is 2. The molecule has 0 radical (unpaired) electrons. The van der Waals surface area contributed by atoms with E-state index in [9.17, 15) is 27.7 Å². The lowest BCUT2D eigenvalue weighted by atomic mass is 10.0. The predicted octanol–water partition coefficient (Wildman–Crippen LogP) is 4.23. The molecular formula is C38H47FN8O5S. The lowest BCUT2D eigenvalue weighted by molar-refractivity contribution is 0.0824. The number of nitrogens with zero attached hydrogens (tertiary/aromatic N) is 5. The number of hydrogen-bond donors (Lipinski definition) is 3. The number of anilines is 1. The van der Waals surface area contributed by atoms with Crippen molar-refractivity contribution in [3.05, 3.63) is 87.2 Å². The van der Waals surface area contributed by atoms with E-state index in [1.54, 1.807) is 20.2 Å². The van der Waals surface area contributed by atoms with E-state index in [0.717, 1.165) is 61.6 Å². The van der Waals surface area contributed by atoms with Gasteiger partial charge in [0.15, 0.2) is 0 Å². The van der Waals surface area contributed by atoms with Crippen LogP contribution in [0, 0.1) is 24.1 Å². The maximum atomic E-state index is 14.1. The monoisotopic (exact) mass is 746 g/mol. The van der Waals surface area contributed by atoms with Gasteiger partial charge in [0.1, 0.15) is 23.3 Å². The number of piperidine rings is 2. The number of hydrogen-bond acceptors (Lipinski definition) is 9.